The Morgan fingerprint density at radius 2 is 2.10 bits per heavy atom. The lowest BCUT2D eigenvalue weighted by Gasteiger charge is -2.19. The van der Waals surface area contributed by atoms with Gasteiger partial charge >= 0.3 is 0 Å². The first-order valence-electron chi connectivity index (χ1n) is 6.55. The third kappa shape index (κ3) is 5.87. The van der Waals surface area contributed by atoms with Gasteiger partial charge in [0, 0.05) is 5.56 Å². The van der Waals surface area contributed by atoms with E-state index in [2.05, 4.69) is 17.2 Å². The van der Waals surface area contributed by atoms with Crippen molar-refractivity contribution >= 4 is 11.6 Å². The number of benzene rings is 1. The van der Waals surface area contributed by atoms with Crippen LogP contribution in [0.3, 0.4) is 0 Å². The van der Waals surface area contributed by atoms with Gasteiger partial charge in [0.15, 0.2) is 0 Å². The standard InChI is InChI=1S/C16H22N2O2/c1-12-7-8-14(13(10-12)6-5-9-17)18-15(19)11-20-16(2,3)4/h7-8,10H,9,11,17H2,1-4H3,(H,18,19). The molecule has 4 heteroatoms. The van der Waals surface area contributed by atoms with Gasteiger partial charge < -0.3 is 15.8 Å². The monoisotopic (exact) mass is 274 g/mol. The van der Waals surface area contributed by atoms with Crippen molar-refractivity contribution in [1.82, 2.24) is 0 Å². The molecular weight excluding hydrogens is 252 g/mol. The predicted octanol–water partition coefficient (Wildman–Crippen LogP) is 2.06. The van der Waals surface area contributed by atoms with Crippen molar-refractivity contribution in [2.75, 3.05) is 18.5 Å². The summed E-state index contributed by atoms with van der Waals surface area (Å²) >= 11 is 0. The van der Waals surface area contributed by atoms with Crippen LogP contribution in [0.4, 0.5) is 5.69 Å². The quantitative estimate of drug-likeness (QED) is 0.829. The number of carbonyl (C=O) groups is 1. The number of hydrogen-bond acceptors (Lipinski definition) is 3. The van der Waals surface area contributed by atoms with E-state index >= 15 is 0 Å². The van der Waals surface area contributed by atoms with Gasteiger partial charge in [0.2, 0.25) is 5.91 Å². The van der Waals surface area contributed by atoms with Crippen molar-refractivity contribution in [2.24, 2.45) is 5.73 Å². The van der Waals surface area contributed by atoms with Crippen molar-refractivity contribution in [3.05, 3.63) is 29.3 Å². The van der Waals surface area contributed by atoms with E-state index in [-0.39, 0.29) is 24.7 Å². The lowest BCUT2D eigenvalue weighted by Crippen LogP contribution is -2.27. The largest absolute Gasteiger partial charge is 0.366 e. The summed E-state index contributed by atoms with van der Waals surface area (Å²) in [5.74, 6) is 5.56. The summed E-state index contributed by atoms with van der Waals surface area (Å²) in [4.78, 5) is 11.9. The molecule has 0 aromatic heterocycles. The number of nitrogens with two attached hydrogens (primary N) is 1. The maximum atomic E-state index is 11.9. The normalized spacial score (nSPS) is 10.7. The van der Waals surface area contributed by atoms with E-state index in [0.29, 0.717) is 5.69 Å². The minimum atomic E-state index is -0.340. The van der Waals surface area contributed by atoms with Crippen molar-refractivity contribution in [3.63, 3.8) is 0 Å². The molecule has 4 nitrogen and oxygen atoms in total. The fourth-order valence-corrected chi connectivity index (χ4v) is 1.49. The maximum absolute atomic E-state index is 11.9. The van der Waals surface area contributed by atoms with E-state index in [1.54, 1.807) is 0 Å². The fourth-order valence-electron chi connectivity index (χ4n) is 1.49. The fraction of sp³-hybridized carbons (Fsp3) is 0.438. The average molecular weight is 274 g/mol. The Labute approximate surface area is 120 Å². The molecule has 0 aliphatic rings. The molecule has 1 aromatic carbocycles. The zero-order chi connectivity index (χ0) is 15.2. The molecule has 0 aliphatic carbocycles. The molecule has 0 atom stereocenters. The smallest absolute Gasteiger partial charge is 0.250 e. The van der Waals surface area contributed by atoms with E-state index in [4.69, 9.17) is 10.5 Å². The van der Waals surface area contributed by atoms with Gasteiger partial charge in [-0.05, 0) is 45.4 Å². The van der Waals surface area contributed by atoms with Crippen molar-refractivity contribution in [3.8, 4) is 11.8 Å². The van der Waals surface area contributed by atoms with Gasteiger partial charge in [0.1, 0.15) is 6.61 Å². The molecule has 1 rings (SSSR count). The van der Waals surface area contributed by atoms with Crippen LogP contribution in [0.25, 0.3) is 0 Å². The zero-order valence-electron chi connectivity index (χ0n) is 12.5. The molecule has 0 radical (unpaired) electrons. The summed E-state index contributed by atoms with van der Waals surface area (Å²) in [5, 5.41) is 2.81. The highest BCUT2D eigenvalue weighted by Gasteiger charge is 2.13. The second-order valence-electron chi connectivity index (χ2n) is 5.50. The molecule has 0 fully saturated rings. The van der Waals surface area contributed by atoms with Crippen LogP contribution in [-0.2, 0) is 9.53 Å². The first-order valence-corrected chi connectivity index (χ1v) is 6.55. The van der Waals surface area contributed by atoms with Crippen LogP contribution >= 0.6 is 0 Å². The highest BCUT2D eigenvalue weighted by Crippen LogP contribution is 2.16. The minimum Gasteiger partial charge on any atom is -0.366 e. The number of aryl methyl sites for hydroxylation is 1. The van der Waals surface area contributed by atoms with Gasteiger partial charge in [-0.1, -0.05) is 17.9 Å². The van der Waals surface area contributed by atoms with Gasteiger partial charge in [-0.2, -0.15) is 0 Å². The molecule has 1 amide bonds. The molecule has 108 valence electrons. The maximum Gasteiger partial charge on any atom is 0.250 e. The third-order valence-corrected chi connectivity index (χ3v) is 2.41. The van der Waals surface area contributed by atoms with Crippen LogP contribution in [-0.4, -0.2) is 24.7 Å². The van der Waals surface area contributed by atoms with Gasteiger partial charge in [-0.25, -0.2) is 0 Å². The van der Waals surface area contributed by atoms with Gasteiger partial charge in [-0.3, -0.25) is 4.79 Å². The van der Waals surface area contributed by atoms with E-state index in [0.717, 1.165) is 11.1 Å². The summed E-state index contributed by atoms with van der Waals surface area (Å²) < 4.78 is 5.44. The minimum absolute atomic E-state index is 0.0150. The number of amides is 1. The average Bonchev–Trinajstić information content (AvgIpc) is 2.36. The van der Waals surface area contributed by atoms with Crippen LogP contribution in [0.15, 0.2) is 18.2 Å². The van der Waals surface area contributed by atoms with Gasteiger partial charge in [0.05, 0.1) is 17.8 Å². The Hall–Kier alpha value is -1.83. The number of anilines is 1. The van der Waals surface area contributed by atoms with Crippen LogP contribution in [0.2, 0.25) is 0 Å². The Morgan fingerprint density at radius 1 is 1.40 bits per heavy atom. The Morgan fingerprint density at radius 3 is 2.70 bits per heavy atom. The SMILES string of the molecule is Cc1ccc(NC(=O)COC(C)(C)C)c(C#CCN)c1. The number of carbonyl (C=O) groups excluding carboxylic acids is 1. The zero-order valence-corrected chi connectivity index (χ0v) is 12.5. The van der Waals surface area contributed by atoms with E-state index in [9.17, 15) is 4.79 Å². The van der Waals surface area contributed by atoms with Crippen LogP contribution in [0, 0.1) is 18.8 Å². The van der Waals surface area contributed by atoms with Gasteiger partial charge in [-0.15, -0.1) is 0 Å². The van der Waals surface area contributed by atoms with Crippen LogP contribution < -0.4 is 11.1 Å². The lowest BCUT2D eigenvalue weighted by molar-refractivity contribution is -0.125. The molecule has 0 unspecified atom stereocenters. The lowest BCUT2D eigenvalue weighted by atomic mass is 10.1. The molecule has 0 bridgehead atoms. The Bertz CT molecular complexity index is 534. The van der Waals surface area contributed by atoms with E-state index < -0.39 is 0 Å². The number of rotatable bonds is 3. The van der Waals surface area contributed by atoms with Gasteiger partial charge in [0.25, 0.3) is 0 Å². The van der Waals surface area contributed by atoms with Crippen molar-refractivity contribution < 1.29 is 9.53 Å². The van der Waals surface area contributed by atoms with E-state index in [1.165, 1.54) is 0 Å². The summed E-state index contributed by atoms with van der Waals surface area (Å²) in [6.07, 6.45) is 0. The number of ether oxygens (including phenoxy) is 1. The molecule has 0 saturated heterocycles. The molecule has 0 saturated carbocycles. The Kier molecular flexibility index (Phi) is 5.75. The highest BCUT2D eigenvalue weighted by molar-refractivity contribution is 5.93. The molecule has 3 N–H and O–H groups in total. The third-order valence-electron chi connectivity index (χ3n) is 2.41. The number of hydrogen-bond donors (Lipinski definition) is 2. The molecular formula is C16H22N2O2. The highest BCUT2D eigenvalue weighted by atomic mass is 16.5. The first kappa shape index (κ1) is 16.2. The Balaban J connectivity index is 2.79. The molecule has 0 aliphatic heterocycles. The van der Waals surface area contributed by atoms with E-state index in [1.807, 2.05) is 45.9 Å². The second-order valence-corrected chi connectivity index (χ2v) is 5.50. The summed E-state index contributed by atoms with van der Waals surface area (Å²) in [6.45, 7) is 8.00. The second kappa shape index (κ2) is 7.09. The molecule has 20 heavy (non-hydrogen) atoms. The molecule has 1 aromatic rings. The molecule has 0 heterocycles. The van der Waals surface area contributed by atoms with Crippen LogP contribution in [0.5, 0.6) is 0 Å². The van der Waals surface area contributed by atoms with Crippen LogP contribution in [0.1, 0.15) is 31.9 Å². The first-order chi connectivity index (χ1) is 9.31. The topological polar surface area (TPSA) is 64.3 Å². The van der Waals surface area contributed by atoms with Crippen molar-refractivity contribution in [1.29, 1.82) is 0 Å². The summed E-state index contributed by atoms with van der Waals surface area (Å²) in [7, 11) is 0. The van der Waals surface area contributed by atoms with Crippen molar-refractivity contribution in [2.45, 2.75) is 33.3 Å². The summed E-state index contributed by atoms with van der Waals surface area (Å²) in [5.41, 5.74) is 7.56. The predicted molar refractivity (Wildman–Crippen MR) is 81.4 cm³/mol. The number of nitrogens with one attached hydrogen (secondary N) is 1. The molecule has 0 spiro atoms. The summed E-state index contributed by atoms with van der Waals surface area (Å²) in [6, 6.07) is 5.68.